The first kappa shape index (κ1) is 20.9. The van der Waals surface area contributed by atoms with Crippen molar-refractivity contribution in [1.82, 2.24) is 14.5 Å². The quantitative estimate of drug-likeness (QED) is 0.622. The SMILES string of the molecule is CCCCCn1c(=O)[nH]c2cc(C(=O)N3CCN(c4ccccc4)CC3)ccc2c1=O. The lowest BCUT2D eigenvalue weighted by molar-refractivity contribution is 0.0747. The van der Waals surface area contributed by atoms with Crippen molar-refractivity contribution < 1.29 is 4.79 Å². The van der Waals surface area contributed by atoms with Gasteiger partial charge in [-0.15, -0.1) is 0 Å². The van der Waals surface area contributed by atoms with Crippen molar-refractivity contribution in [3.05, 3.63) is 74.9 Å². The molecule has 1 aliphatic heterocycles. The third kappa shape index (κ3) is 4.40. The molecule has 31 heavy (non-hydrogen) atoms. The highest BCUT2D eigenvalue weighted by Gasteiger charge is 2.23. The Morgan fingerprint density at radius 2 is 1.71 bits per heavy atom. The standard InChI is InChI=1S/C24H28N4O3/c1-2-3-7-12-28-23(30)20-11-10-18(17-21(20)25-24(28)31)22(29)27-15-13-26(14-16-27)19-8-5-4-6-9-19/h4-6,8-11,17H,2-3,7,12-16H2,1H3,(H,25,31). The van der Waals surface area contributed by atoms with E-state index < -0.39 is 5.69 Å². The molecule has 0 bridgehead atoms. The number of unbranched alkanes of at least 4 members (excludes halogenated alkanes) is 2. The molecular formula is C24H28N4O3. The third-order valence-corrected chi connectivity index (χ3v) is 5.90. The summed E-state index contributed by atoms with van der Waals surface area (Å²) in [6.07, 6.45) is 2.77. The molecule has 1 fully saturated rings. The van der Waals surface area contributed by atoms with Crippen LogP contribution < -0.4 is 16.1 Å². The highest BCUT2D eigenvalue weighted by molar-refractivity contribution is 5.97. The van der Waals surface area contributed by atoms with Crippen LogP contribution in [-0.4, -0.2) is 46.5 Å². The Labute approximate surface area is 180 Å². The summed E-state index contributed by atoms with van der Waals surface area (Å²) in [5.74, 6) is -0.0809. The number of rotatable bonds is 6. The van der Waals surface area contributed by atoms with Crippen LogP contribution in [0.4, 0.5) is 5.69 Å². The van der Waals surface area contributed by atoms with Gasteiger partial charge in [-0.1, -0.05) is 38.0 Å². The fraction of sp³-hybridized carbons (Fsp3) is 0.375. The predicted octanol–water partition coefficient (Wildman–Crippen LogP) is 2.84. The van der Waals surface area contributed by atoms with Crippen LogP contribution in [0.3, 0.4) is 0 Å². The Balaban J connectivity index is 1.51. The van der Waals surface area contributed by atoms with Crippen molar-refractivity contribution in [1.29, 1.82) is 0 Å². The van der Waals surface area contributed by atoms with Crippen molar-refractivity contribution in [3.8, 4) is 0 Å². The van der Waals surface area contributed by atoms with E-state index >= 15 is 0 Å². The zero-order valence-corrected chi connectivity index (χ0v) is 17.8. The Morgan fingerprint density at radius 3 is 2.42 bits per heavy atom. The minimum atomic E-state index is -0.422. The molecule has 1 amide bonds. The minimum Gasteiger partial charge on any atom is -0.368 e. The van der Waals surface area contributed by atoms with Gasteiger partial charge in [0.25, 0.3) is 11.5 Å². The summed E-state index contributed by atoms with van der Waals surface area (Å²) in [7, 11) is 0. The molecule has 0 radical (unpaired) electrons. The smallest absolute Gasteiger partial charge is 0.328 e. The number of nitrogens with one attached hydrogen (secondary N) is 1. The normalized spacial score (nSPS) is 14.2. The Bertz CT molecular complexity index is 1170. The monoisotopic (exact) mass is 420 g/mol. The molecule has 0 saturated carbocycles. The summed E-state index contributed by atoms with van der Waals surface area (Å²) < 4.78 is 1.25. The number of piperazine rings is 1. The summed E-state index contributed by atoms with van der Waals surface area (Å²) in [6.45, 7) is 5.27. The maximum absolute atomic E-state index is 13.0. The van der Waals surface area contributed by atoms with Gasteiger partial charge in [0.05, 0.1) is 10.9 Å². The average Bonchev–Trinajstić information content (AvgIpc) is 2.81. The molecule has 0 unspecified atom stereocenters. The number of anilines is 1. The summed E-state index contributed by atoms with van der Waals surface area (Å²) in [5, 5.41) is 0.432. The lowest BCUT2D eigenvalue weighted by Gasteiger charge is -2.36. The second-order valence-electron chi connectivity index (χ2n) is 7.97. The van der Waals surface area contributed by atoms with Gasteiger partial charge in [0.2, 0.25) is 0 Å². The number of hydrogen-bond acceptors (Lipinski definition) is 4. The van der Waals surface area contributed by atoms with Gasteiger partial charge in [-0.3, -0.25) is 14.2 Å². The van der Waals surface area contributed by atoms with Crippen LogP contribution >= 0.6 is 0 Å². The highest BCUT2D eigenvalue weighted by Crippen LogP contribution is 2.18. The topological polar surface area (TPSA) is 78.4 Å². The second kappa shape index (κ2) is 9.20. The van der Waals surface area contributed by atoms with E-state index in [1.807, 2.05) is 23.1 Å². The summed E-state index contributed by atoms with van der Waals surface area (Å²) in [6, 6.07) is 15.1. The molecular weight excluding hydrogens is 392 g/mol. The number of carbonyl (C=O) groups excluding carboxylic acids is 1. The first-order valence-corrected chi connectivity index (χ1v) is 10.9. The summed E-state index contributed by atoms with van der Waals surface area (Å²) in [4.78, 5) is 45.0. The predicted molar refractivity (Wildman–Crippen MR) is 123 cm³/mol. The van der Waals surface area contributed by atoms with E-state index in [2.05, 4.69) is 28.9 Å². The number of aromatic amines is 1. The molecule has 1 aliphatic rings. The number of carbonyl (C=O) groups is 1. The Morgan fingerprint density at radius 1 is 0.968 bits per heavy atom. The Hall–Kier alpha value is -3.35. The molecule has 1 aromatic heterocycles. The molecule has 1 saturated heterocycles. The number of para-hydroxylation sites is 1. The van der Waals surface area contributed by atoms with Crippen LogP contribution in [0.2, 0.25) is 0 Å². The molecule has 7 nitrogen and oxygen atoms in total. The van der Waals surface area contributed by atoms with Crippen LogP contribution in [0.1, 0.15) is 36.5 Å². The molecule has 0 spiro atoms. The first-order chi connectivity index (χ1) is 15.1. The lowest BCUT2D eigenvalue weighted by atomic mass is 10.1. The number of nitrogens with zero attached hydrogens (tertiary/aromatic N) is 3. The molecule has 2 aromatic carbocycles. The number of hydrogen-bond donors (Lipinski definition) is 1. The molecule has 0 atom stereocenters. The van der Waals surface area contributed by atoms with E-state index in [1.165, 1.54) is 4.57 Å². The molecule has 7 heteroatoms. The van der Waals surface area contributed by atoms with Gasteiger partial charge in [-0.25, -0.2) is 4.79 Å². The van der Waals surface area contributed by atoms with Gasteiger partial charge in [0.15, 0.2) is 0 Å². The van der Waals surface area contributed by atoms with Gasteiger partial charge in [0, 0.05) is 44.0 Å². The molecule has 162 valence electrons. The number of amides is 1. The number of benzene rings is 2. The van der Waals surface area contributed by atoms with Crippen LogP contribution in [0.25, 0.3) is 10.9 Å². The maximum atomic E-state index is 13.0. The van der Waals surface area contributed by atoms with E-state index in [-0.39, 0.29) is 11.5 Å². The fourth-order valence-electron chi connectivity index (χ4n) is 4.10. The number of H-pyrrole nitrogens is 1. The molecule has 1 N–H and O–H groups in total. The number of aromatic nitrogens is 2. The van der Waals surface area contributed by atoms with E-state index in [0.717, 1.165) is 38.0 Å². The fourth-order valence-corrected chi connectivity index (χ4v) is 4.10. The average molecular weight is 421 g/mol. The van der Waals surface area contributed by atoms with Crippen molar-refractivity contribution in [2.75, 3.05) is 31.1 Å². The van der Waals surface area contributed by atoms with Crippen molar-refractivity contribution in [2.24, 2.45) is 0 Å². The van der Waals surface area contributed by atoms with Gasteiger partial charge < -0.3 is 14.8 Å². The van der Waals surface area contributed by atoms with Gasteiger partial charge in [0.1, 0.15) is 0 Å². The summed E-state index contributed by atoms with van der Waals surface area (Å²) in [5.41, 5.74) is 1.34. The van der Waals surface area contributed by atoms with Gasteiger partial charge in [-0.05, 0) is 36.8 Å². The zero-order chi connectivity index (χ0) is 21.8. The molecule has 4 rings (SSSR count). The zero-order valence-electron chi connectivity index (χ0n) is 17.8. The molecule has 0 aliphatic carbocycles. The van der Waals surface area contributed by atoms with E-state index in [0.29, 0.717) is 36.1 Å². The van der Waals surface area contributed by atoms with Crippen LogP contribution in [0.5, 0.6) is 0 Å². The van der Waals surface area contributed by atoms with Crippen molar-refractivity contribution in [3.63, 3.8) is 0 Å². The maximum Gasteiger partial charge on any atom is 0.328 e. The molecule has 2 heterocycles. The second-order valence-corrected chi connectivity index (χ2v) is 7.97. The Kier molecular flexibility index (Phi) is 6.21. The summed E-state index contributed by atoms with van der Waals surface area (Å²) >= 11 is 0. The van der Waals surface area contributed by atoms with Crippen molar-refractivity contribution in [2.45, 2.75) is 32.7 Å². The van der Waals surface area contributed by atoms with Crippen LogP contribution in [0.15, 0.2) is 58.1 Å². The molecule has 3 aromatic rings. The first-order valence-electron chi connectivity index (χ1n) is 10.9. The van der Waals surface area contributed by atoms with Crippen LogP contribution in [-0.2, 0) is 6.54 Å². The largest absolute Gasteiger partial charge is 0.368 e. The number of fused-ring (bicyclic) bond motifs is 1. The van der Waals surface area contributed by atoms with Crippen molar-refractivity contribution >= 4 is 22.5 Å². The van der Waals surface area contributed by atoms with E-state index in [9.17, 15) is 14.4 Å². The minimum absolute atomic E-state index is 0.0809. The third-order valence-electron chi connectivity index (χ3n) is 5.90. The van der Waals surface area contributed by atoms with E-state index in [1.54, 1.807) is 18.2 Å². The van der Waals surface area contributed by atoms with Gasteiger partial charge >= 0.3 is 5.69 Å². The van der Waals surface area contributed by atoms with Crippen LogP contribution in [0, 0.1) is 0 Å². The highest BCUT2D eigenvalue weighted by atomic mass is 16.2. The van der Waals surface area contributed by atoms with E-state index in [4.69, 9.17) is 0 Å². The lowest BCUT2D eigenvalue weighted by Crippen LogP contribution is -2.48. The van der Waals surface area contributed by atoms with Gasteiger partial charge in [-0.2, -0.15) is 0 Å².